The Labute approximate surface area is 169 Å². The van der Waals surface area contributed by atoms with Crippen molar-refractivity contribution in [2.45, 2.75) is 38.1 Å². The van der Waals surface area contributed by atoms with E-state index in [0.29, 0.717) is 16.5 Å². The smallest absolute Gasteiger partial charge is 0.260 e. The van der Waals surface area contributed by atoms with Crippen LogP contribution in [0.4, 0.5) is 0 Å². The molecule has 0 radical (unpaired) electrons. The van der Waals surface area contributed by atoms with Crippen LogP contribution < -0.4 is 5.56 Å². The first-order valence-electron chi connectivity index (χ1n) is 10.1. The van der Waals surface area contributed by atoms with E-state index in [1.807, 2.05) is 17.0 Å². The Balaban J connectivity index is 1.54. The SMILES string of the molecule is Cn1cnc2cc(C(=O)N3CCCCC3CCc3cccc(O)c3)ccc2c1=O. The highest BCUT2D eigenvalue weighted by Gasteiger charge is 2.27. The Hall–Kier alpha value is -3.15. The summed E-state index contributed by atoms with van der Waals surface area (Å²) in [5.41, 5.74) is 2.08. The lowest BCUT2D eigenvalue weighted by molar-refractivity contribution is 0.0602. The van der Waals surface area contributed by atoms with Gasteiger partial charge in [-0.15, -0.1) is 0 Å². The molecule has 1 atom stereocenters. The van der Waals surface area contributed by atoms with Crippen molar-refractivity contribution in [3.8, 4) is 5.75 Å². The lowest BCUT2D eigenvalue weighted by atomic mass is 9.95. The van der Waals surface area contributed by atoms with E-state index in [1.165, 1.54) is 10.9 Å². The molecule has 1 aromatic heterocycles. The maximum absolute atomic E-state index is 13.2. The van der Waals surface area contributed by atoms with Gasteiger partial charge in [0.15, 0.2) is 0 Å². The van der Waals surface area contributed by atoms with Gasteiger partial charge in [0, 0.05) is 25.2 Å². The molecule has 2 aromatic carbocycles. The molecule has 29 heavy (non-hydrogen) atoms. The van der Waals surface area contributed by atoms with Gasteiger partial charge in [-0.3, -0.25) is 9.59 Å². The summed E-state index contributed by atoms with van der Waals surface area (Å²) in [6.45, 7) is 0.742. The summed E-state index contributed by atoms with van der Waals surface area (Å²) in [5, 5.41) is 10.2. The number of phenols is 1. The molecule has 0 spiro atoms. The minimum absolute atomic E-state index is 0.00464. The van der Waals surface area contributed by atoms with Gasteiger partial charge in [-0.2, -0.15) is 0 Å². The number of hydrogen-bond acceptors (Lipinski definition) is 4. The predicted octanol–water partition coefficient (Wildman–Crippen LogP) is 3.27. The molecule has 0 saturated carbocycles. The molecule has 1 unspecified atom stereocenters. The van der Waals surface area contributed by atoms with Gasteiger partial charge in [0.1, 0.15) is 5.75 Å². The van der Waals surface area contributed by atoms with Crippen LogP contribution in [0.2, 0.25) is 0 Å². The summed E-state index contributed by atoms with van der Waals surface area (Å²) < 4.78 is 1.44. The van der Waals surface area contributed by atoms with Crippen molar-refractivity contribution in [3.05, 3.63) is 70.3 Å². The summed E-state index contributed by atoms with van der Waals surface area (Å²) in [6.07, 6.45) is 6.26. The van der Waals surface area contributed by atoms with Crippen LogP contribution in [0.15, 0.2) is 53.6 Å². The molecule has 4 rings (SSSR count). The lowest BCUT2D eigenvalue weighted by Crippen LogP contribution is -2.44. The summed E-state index contributed by atoms with van der Waals surface area (Å²) in [7, 11) is 1.67. The molecule has 6 nitrogen and oxygen atoms in total. The summed E-state index contributed by atoms with van der Waals surface area (Å²) in [4.78, 5) is 31.7. The second kappa shape index (κ2) is 8.07. The molecule has 1 saturated heterocycles. The minimum Gasteiger partial charge on any atom is -0.508 e. The predicted molar refractivity (Wildman–Crippen MR) is 112 cm³/mol. The van der Waals surface area contributed by atoms with Crippen LogP contribution in [-0.2, 0) is 13.5 Å². The lowest BCUT2D eigenvalue weighted by Gasteiger charge is -2.36. The van der Waals surface area contributed by atoms with Crippen LogP contribution in [0.3, 0.4) is 0 Å². The number of amides is 1. The van der Waals surface area contributed by atoms with Gasteiger partial charge in [-0.25, -0.2) is 4.98 Å². The quantitative estimate of drug-likeness (QED) is 0.741. The third-order valence-electron chi connectivity index (χ3n) is 5.73. The first-order valence-corrected chi connectivity index (χ1v) is 10.1. The van der Waals surface area contributed by atoms with Crippen LogP contribution in [0.5, 0.6) is 5.75 Å². The number of hydrogen-bond donors (Lipinski definition) is 1. The number of carbonyl (C=O) groups excluding carboxylic acids is 1. The Kier molecular flexibility index (Phi) is 5.34. The van der Waals surface area contributed by atoms with Crippen molar-refractivity contribution in [2.24, 2.45) is 7.05 Å². The zero-order chi connectivity index (χ0) is 20.4. The van der Waals surface area contributed by atoms with Crippen LogP contribution in [0, 0.1) is 0 Å². The fourth-order valence-corrected chi connectivity index (χ4v) is 4.12. The number of benzene rings is 2. The minimum atomic E-state index is -0.115. The number of carbonyl (C=O) groups is 1. The first-order chi connectivity index (χ1) is 14.0. The molecule has 6 heteroatoms. The van der Waals surface area contributed by atoms with Gasteiger partial charge in [-0.05, 0) is 68.0 Å². The highest BCUT2D eigenvalue weighted by atomic mass is 16.3. The van der Waals surface area contributed by atoms with Gasteiger partial charge >= 0.3 is 0 Å². The van der Waals surface area contributed by atoms with Gasteiger partial charge < -0.3 is 14.6 Å². The molecule has 0 bridgehead atoms. The largest absolute Gasteiger partial charge is 0.508 e. The number of aryl methyl sites for hydroxylation is 2. The van der Waals surface area contributed by atoms with E-state index >= 15 is 0 Å². The number of piperidine rings is 1. The second-order valence-corrected chi connectivity index (χ2v) is 7.75. The average molecular weight is 391 g/mol. The van der Waals surface area contributed by atoms with Crippen molar-refractivity contribution >= 4 is 16.8 Å². The number of aromatic nitrogens is 2. The molecule has 150 valence electrons. The van der Waals surface area contributed by atoms with Crippen molar-refractivity contribution < 1.29 is 9.90 Å². The fourth-order valence-electron chi connectivity index (χ4n) is 4.12. The normalized spacial score (nSPS) is 16.9. The zero-order valence-corrected chi connectivity index (χ0v) is 16.5. The molecule has 2 heterocycles. The van der Waals surface area contributed by atoms with Gasteiger partial charge in [0.25, 0.3) is 11.5 Å². The highest BCUT2D eigenvalue weighted by Crippen LogP contribution is 2.25. The van der Waals surface area contributed by atoms with Crippen LogP contribution in [0.25, 0.3) is 10.9 Å². The van der Waals surface area contributed by atoms with Gasteiger partial charge in [-0.1, -0.05) is 12.1 Å². The molecule has 1 amide bonds. The third-order valence-corrected chi connectivity index (χ3v) is 5.73. The summed E-state index contributed by atoms with van der Waals surface area (Å²) >= 11 is 0. The van der Waals surface area contributed by atoms with Crippen LogP contribution >= 0.6 is 0 Å². The summed E-state index contributed by atoms with van der Waals surface area (Å²) in [5.74, 6) is 0.267. The highest BCUT2D eigenvalue weighted by molar-refractivity contribution is 5.97. The standard InChI is InChI=1S/C23H25N3O3/c1-25-15-24-21-14-17(9-11-20(21)23(25)29)22(28)26-12-3-2-6-18(26)10-8-16-5-4-7-19(27)13-16/h4-5,7,9,11,13-15,18,27H,2-3,6,8,10,12H2,1H3. The molecule has 3 aromatic rings. The maximum Gasteiger partial charge on any atom is 0.260 e. The number of aromatic hydroxyl groups is 1. The topological polar surface area (TPSA) is 75.4 Å². The van der Waals surface area contributed by atoms with E-state index in [1.54, 1.807) is 37.4 Å². The number of fused-ring (bicyclic) bond motifs is 1. The molecular weight excluding hydrogens is 366 g/mol. The number of phenolic OH excluding ortho intramolecular Hbond substituents is 1. The zero-order valence-electron chi connectivity index (χ0n) is 16.5. The molecule has 1 N–H and O–H groups in total. The first kappa shape index (κ1) is 19.2. The maximum atomic E-state index is 13.2. The second-order valence-electron chi connectivity index (χ2n) is 7.75. The molecule has 1 aliphatic heterocycles. The van der Waals surface area contributed by atoms with Crippen molar-refractivity contribution in [1.29, 1.82) is 0 Å². The average Bonchev–Trinajstić information content (AvgIpc) is 2.74. The molecule has 0 aliphatic carbocycles. The number of likely N-dealkylation sites (tertiary alicyclic amines) is 1. The third kappa shape index (κ3) is 4.01. The van der Waals surface area contributed by atoms with Crippen LogP contribution in [-0.4, -0.2) is 38.1 Å². The fraction of sp³-hybridized carbons (Fsp3) is 0.348. The summed E-state index contributed by atoms with van der Waals surface area (Å²) in [6, 6.07) is 12.6. The molecule has 1 fully saturated rings. The van der Waals surface area contributed by atoms with E-state index in [9.17, 15) is 14.7 Å². The van der Waals surface area contributed by atoms with Crippen molar-refractivity contribution in [2.75, 3.05) is 6.54 Å². The number of rotatable bonds is 4. The van der Waals surface area contributed by atoms with E-state index in [4.69, 9.17) is 0 Å². The van der Waals surface area contributed by atoms with Gasteiger partial charge in [0.05, 0.1) is 17.2 Å². The van der Waals surface area contributed by atoms with E-state index < -0.39 is 0 Å². The molecule has 1 aliphatic rings. The Morgan fingerprint density at radius 3 is 2.90 bits per heavy atom. The van der Waals surface area contributed by atoms with Crippen molar-refractivity contribution in [1.82, 2.24) is 14.5 Å². The van der Waals surface area contributed by atoms with E-state index in [2.05, 4.69) is 4.98 Å². The number of nitrogens with zero attached hydrogens (tertiary/aromatic N) is 3. The van der Waals surface area contributed by atoms with E-state index in [0.717, 1.165) is 44.2 Å². The van der Waals surface area contributed by atoms with Gasteiger partial charge in [0.2, 0.25) is 0 Å². The Morgan fingerprint density at radius 2 is 2.07 bits per heavy atom. The Morgan fingerprint density at radius 1 is 1.21 bits per heavy atom. The van der Waals surface area contributed by atoms with Crippen molar-refractivity contribution in [3.63, 3.8) is 0 Å². The molecular formula is C23H25N3O3. The Bertz CT molecular complexity index is 1110. The van der Waals surface area contributed by atoms with Crippen LogP contribution in [0.1, 0.15) is 41.6 Å². The monoisotopic (exact) mass is 391 g/mol. The van der Waals surface area contributed by atoms with E-state index in [-0.39, 0.29) is 23.3 Å².